The van der Waals surface area contributed by atoms with Crippen LogP contribution in [0.1, 0.15) is 18.9 Å². The lowest BCUT2D eigenvalue weighted by Crippen LogP contribution is -2.37. The molecule has 0 saturated carbocycles. The van der Waals surface area contributed by atoms with Gasteiger partial charge in [-0.2, -0.15) is 4.98 Å². The number of nitrogens with zero attached hydrogens (tertiary/aromatic N) is 4. The van der Waals surface area contributed by atoms with Crippen LogP contribution in [0, 0.1) is 0 Å². The first-order chi connectivity index (χ1) is 13.5. The molecule has 3 heterocycles. The SMILES string of the molecule is COc1cc2nc(N3CCC(n4c(O)coc4=O)CC3)nc(N)c2cc1OC. The van der Waals surface area contributed by atoms with E-state index >= 15 is 0 Å². The Morgan fingerprint density at radius 3 is 2.46 bits per heavy atom. The number of hydrogen-bond donors (Lipinski definition) is 2. The van der Waals surface area contributed by atoms with Crippen LogP contribution in [0.4, 0.5) is 11.8 Å². The number of hydrogen-bond acceptors (Lipinski definition) is 9. The number of rotatable bonds is 4. The van der Waals surface area contributed by atoms with Gasteiger partial charge in [-0.1, -0.05) is 0 Å². The first kappa shape index (κ1) is 18.0. The zero-order valence-corrected chi connectivity index (χ0v) is 15.6. The van der Waals surface area contributed by atoms with Gasteiger partial charge in [-0.05, 0) is 18.9 Å². The van der Waals surface area contributed by atoms with E-state index < -0.39 is 5.76 Å². The van der Waals surface area contributed by atoms with Crippen molar-refractivity contribution in [1.29, 1.82) is 0 Å². The largest absolute Gasteiger partial charge is 0.493 e. The highest BCUT2D eigenvalue weighted by molar-refractivity contribution is 5.91. The number of aromatic hydroxyl groups is 1. The summed E-state index contributed by atoms with van der Waals surface area (Å²) in [7, 11) is 3.12. The van der Waals surface area contributed by atoms with Crippen molar-refractivity contribution < 1.29 is 19.0 Å². The first-order valence-electron chi connectivity index (χ1n) is 8.85. The summed E-state index contributed by atoms with van der Waals surface area (Å²) in [5, 5.41) is 10.5. The van der Waals surface area contributed by atoms with Gasteiger partial charge in [0.15, 0.2) is 17.8 Å². The second kappa shape index (κ2) is 6.95. The van der Waals surface area contributed by atoms with E-state index in [1.165, 1.54) is 4.57 Å². The first-order valence-corrected chi connectivity index (χ1v) is 8.85. The van der Waals surface area contributed by atoms with Crippen molar-refractivity contribution in [2.45, 2.75) is 18.9 Å². The van der Waals surface area contributed by atoms with Crippen LogP contribution >= 0.6 is 0 Å². The number of fused-ring (bicyclic) bond motifs is 1. The van der Waals surface area contributed by atoms with Gasteiger partial charge in [-0.25, -0.2) is 14.3 Å². The molecule has 0 aliphatic carbocycles. The molecule has 0 bridgehead atoms. The molecule has 4 rings (SSSR count). The van der Waals surface area contributed by atoms with Crippen molar-refractivity contribution in [1.82, 2.24) is 14.5 Å². The normalized spacial score (nSPS) is 15.1. The van der Waals surface area contributed by atoms with Crippen molar-refractivity contribution >= 4 is 22.7 Å². The predicted octanol–water partition coefficient (Wildman–Crippen LogP) is 1.53. The van der Waals surface area contributed by atoms with Crippen molar-refractivity contribution in [3.8, 4) is 17.4 Å². The standard InChI is InChI=1S/C18H21N5O5/c1-26-13-7-11-12(8-14(13)27-2)20-17(21-16(11)19)22-5-3-10(4-6-22)23-15(24)9-28-18(23)25/h7-10,24H,3-6H2,1-2H3,(H2,19,20,21). The van der Waals surface area contributed by atoms with Crippen LogP contribution in [0.15, 0.2) is 27.6 Å². The van der Waals surface area contributed by atoms with Crippen LogP contribution < -0.4 is 25.9 Å². The molecule has 0 atom stereocenters. The van der Waals surface area contributed by atoms with Gasteiger partial charge in [-0.3, -0.25) is 0 Å². The molecule has 3 N–H and O–H groups in total. The Labute approximate surface area is 160 Å². The van der Waals surface area contributed by atoms with Gasteiger partial charge in [0.05, 0.1) is 19.7 Å². The van der Waals surface area contributed by atoms with Crippen molar-refractivity contribution in [2.75, 3.05) is 37.9 Å². The highest BCUT2D eigenvalue weighted by Gasteiger charge is 2.26. The molecule has 10 nitrogen and oxygen atoms in total. The number of nitrogen functional groups attached to an aromatic ring is 1. The van der Waals surface area contributed by atoms with Crippen LogP contribution in [-0.2, 0) is 0 Å². The number of ether oxygens (including phenoxy) is 2. The van der Waals surface area contributed by atoms with Gasteiger partial charge < -0.3 is 29.6 Å². The Morgan fingerprint density at radius 1 is 1.18 bits per heavy atom. The fourth-order valence-corrected chi connectivity index (χ4v) is 3.58. The fourth-order valence-electron chi connectivity index (χ4n) is 3.58. The number of methoxy groups -OCH3 is 2. The Balaban J connectivity index is 1.61. The lowest BCUT2D eigenvalue weighted by Gasteiger charge is -2.32. The summed E-state index contributed by atoms with van der Waals surface area (Å²) < 4.78 is 16.7. The van der Waals surface area contributed by atoms with Gasteiger partial charge in [0, 0.05) is 30.6 Å². The van der Waals surface area contributed by atoms with Crippen LogP contribution in [0.25, 0.3) is 10.9 Å². The zero-order chi connectivity index (χ0) is 19.8. The highest BCUT2D eigenvalue weighted by atomic mass is 16.5. The highest BCUT2D eigenvalue weighted by Crippen LogP contribution is 2.35. The Bertz CT molecular complexity index is 1070. The summed E-state index contributed by atoms with van der Waals surface area (Å²) in [4.78, 5) is 22.8. The maximum atomic E-state index is 11.8. The number of aromatic nitrogens is 3. The van der Waals surface area contributed by atoms with Crippen LogP contribution in [0.2, 0.25) is 0 Å². The number of benzene rings is 1. The molecule has 28 heavy (non-hydrogen) atoms. The zero-order valence-electron chi connectivity index (χ0n) is 15.6. The minimum Gasteiger partial charge on any atom is -0.493 e. The Kier molecular flexibility index (Phi) is 4.46. The second-order valence-electron chi connectivity index (χ2n) is 6.58. The second-order valence-corrected chi connectivity index (χ2v) is 6.58. The van der Waals surface area contributed by atoms with Crippen molar-refractivity contribution in [2.24, 2.45) is 0 Å². The number of nitrogens with two attached hydrogens (primary N) is 1. The average molecular weight is 387 g/mol. The summed E-state index contributed by atoms with van der Waals surface area (Å²) in [6.07, 6.45) is 2.34. The van der Waals surface area contributed by atoms with Crippen LogP contribution in [0.3, 0.4) is 0 Å². The van der Waals surface area contributed by atoms with Gasteiger partial charge in [0.25, 0.3) is 0 Å². The lowest BCUT2D eigenvalue weighted by molar-refractivity contribution is 0.324. The molecule has 1 fully saturated rings. The molecule has 2 aromatic heterocycles. The molecule has 0 unspecified atom stereocenters. The quantitative estimate of drug-likeness (QED) is 0.684. The van der Waals surface area contributed by atoms with Crippen molar-refractivity contribution in [3.05, 3.63) is 28.9 Å². The summed E-state index contributed by atoms with van der Waals surface area (Å²) in [5.74, 6) is 1.28. The van der Waals surface area contributed by atoms with E-state index in [-0.39, 0.29) is 11.9 Å². The molecule has 0 radical (unpaired) electrons. The molecule has 10 heteroatoms. The summed E-state index contributed by atoms with van der Waals surface area (Å²) in [6.45, 7) is 1.22. The third-order valence-corrected chi connectivity index (χ3v) is 5.04. The molecule has 0 spiro atoms. The predicted molar refractivity (Wildman–Crippen MR) is 102 cm³/mol. The van der Waals surface area contributed by atoms with Gasteiger partial charge in [0.2, 0.25) is 11.8 Å². The molecule has 1 aromatic carbocycles. The van der Waals surface area contributed by atoms with E-state index in [4.69, 9.17) is 19.6 Å². The molecule has 3 aromatic rings. The number of piperidine rings is 1. The molecular formula is C18H21N5O5. The van der Waals surface area contributed by atoms with E-state index in [2.05, 4.69) is 9.97 Å². The smallest absolute Gasteiger partial charge is 0.422 e. The third-order valence-electron chi connectivity index (χ3n) is 5.04. The van der Waals surface area contributed by atoms with Crippen LogP contribution in [-0.4, -0.2) is 47.0 Å². The lowest BCUT2D eigenvalue weighted by atomic mass is 10.1. The van der Waals surface area contributed by atoms with E-state index in [1.54, 1.807) is 26.4 Å². The maximum absolute atomic E-state index is 11.8. The van der Waals surface area contributed by atoms with Crippen molar-refractivity contribution in [3.63, 3.8) is 0 Å². The van der Waals surface area contributed by atoms with Crippen LogP contribution in [0.5, 0.6) is 17.4 Å². The number of oxazole rings is 1. The Morgan fingerprint density at radius 2 is 1.86 bits per heavy atom. The summed E-state index contributed by atoms with van der Waals surface area (Å²) >= 11 is 0. The van der Waals surface area contributed by atoms with E-state index in [1.807, 2.05) is 4.90 Å². The van der Waals surface area contributed by atoms with Gasteiger partial charge in [0.1, 0.15) is 5.82 Å². The molecular weight excluding hydrogens is 366 g/mol. The molecule has 1 aliphatic rings. The average Bonchev–Trinajstić information content (AvgIpc) is 3.05. The van der Waals surface area contributed by atoms with E-state index in [0.717, 1.165) is 6.26 Å². The summed E-state index contributed by atoms with van der Waals surface area (Å²) in [6, 6.07) is 3.39. The summed E-state index contributed by atoms with van der Waals surface area (Å²) in [5.41, 5.74) is 6.82. The van der Waals surface area contributed by atoms with E-state index in [0.29, 0.717) is 60.1 Å². The third kappa shape index (κ3) is 2.96. The molecule has 1 aliphatic heterocycles. The minimum atomic E-state index is -0.553. The molecule has 1 saturated heterocycles. The topological polar surface area (TPSA) is 129 Å². The maximum Gasteiger partial charge on any atom is 0.422 e. The van der Waals surface area contributed by atoms with E-state index in [9.17, 15) is 9.90 Å². The molecule has 0 amide bonds. The van der Waals surface area contributed by atoms with Gasteiger partial charge in [-0.15, -0.1) is 0 Å². The Hall–Kier alpha value is -3.43. The minimum absolute atomic E-state index is 0.135. The monoisotopic (exact) mass is 387 g/mol. The van der Waals surface area contributed by atoms with Gasteiger partial charge >= 0.3 is 5.76 Å². The molecule has 148 valence electrons. The fraction of sp³-hybridized carbons (Fsp3) is 0.389. The number of anilines is 2.